The summed E-state index contributed by atoms with van der Waals surface area (Å²) in [5.41, 5.74) is 2.45. The molecule has 19 heavy (non-hydrogen) atoms. The molecule has 2 nitrogen and oxygen atoms in total. The number of nitriles is 1. The molecule has 0 amide bonds. The molecule has 3 rings (SSSR count). The van der Waals surface area contributed by atoms with Crippen LogP contribution >= 0.6 is 0 Å². The van der Waals surface area contributed by atoms with Crippen LogP contribution < -0.4 is 5.32 Å². The summed E-state index contributed by atoms with van der Waals surface area (Å²) in [6, 6.07) is 10.6. The van der Waals surface area contributed by atoms with E-state index in [1.54, 1.807) is 0 Å². The summed E-state index contributed by atoms with van der Waals surface area (Å²) < 4.78 is 0. The standard InChI is InChI=1S/C17H22N2/c1-16(2)13-8-9-17(3,10-13)15(16)19-14-7-5-4-6-12(14)11-18/h4-7,13,15,19H,8-10H2,1-3H3. The fourth-order valence-electron chi connectivity index (χ4n) is 4.52. The highest BCUT2D eigenvalue weighted by Crippen LogP contribution is 2.63. The largest absolute Gasteiger partial charge is 0.380 e. The van der Waals surface area contributed by atoms with Crippen molar-refractivity contribution < 1.29 is 0 Å². The lowest BCUT2D eigenvalue weighted by atomic mass is 9.68. The van der Waals surface area contributed by atoms with Crippen LogP contribution in [0.25, 0.3) is 0 Å². The number of rotatable bonds is 2. The van der Waals surface area contributed by atoms with Gasteiger partial charge in [-0.25, -0.2) is 0 Å². The number of benzene rings is 1. The van der Waals surface area contributed by atoms with Crippen molar-refractivity contribution in [3.8, 4) is 6.07 Å². The van der Waals surface area contributed by atoms with Gasteiger partial charge >= 0.3 is 0 Å². The molecule has 2 bridgehead atoms. The number of hydrogen-bond acceptors (Lipinski definition) is 2. The summed E-state index contributed by atoms with van der Waals surface area (Å²) in [7, 11) is 0. The highest BCUT2D eigenvalue weighted by atomic mass is 15.0. The molecule has 1 aromatic rings. The molecular weight excluding hydrogens is 232 g/mol. The lowest BCUT2D eigenvalue weighted by Gasteiger charge is -2.43. The molecule has 0 heterocycles. The van der Waals surface area contributed by atoms with E-state index in [1.165, 1.54) is 19.3 Å². The Hall–Kier alpha value is -1.49. The third-order valence-electron chi connectivity index (χ3n) is 5.62. The Morgan fingerprint density at radius 3 is 2.63 bits per heavy atom. The Labute approximate surface area is 115 Å². The molecule has 2 heteroatoms. The van der Waals surface area contributed by atoms with E-state index in [2.05, 4.69) is 32.2 Å². The number of nitrogens with one attached hydrogen (secondary N) is 1. The van der Waals surface area contributed by atoms with E-state index in [1.807, 2.05) is 24.3 Å². The molecule has 2 aliphatic rings. The second-order valence-corrected chi connectivity index (χ2v) is 7.15. The first-order valence-electron chi connectivity index (χ1n) is 7.23. The van der Waals surface area contributed by atoms with Crippen molar-refractivity contribution in [2.24, 2.45) is 16.7 Å². The first kappa shape index (κ1) is 12.5. The summed E-state index contributed by atoms with van der Waals surface area (Å²) in [6.45, 7) is 7.18. The van der Waals surface area contributed by atoms with Gasteiger partial charge in [0.25, 0.3) is 0 Å². The fraction of sp³-hybridized carbons (Fsp3) is 0.588. The van der Waals surface area contributed by atoms with Crippen LogP contribution in [0.1, 0.15) is 45.6 Å². The van der Waals surface area contributed by atoms with Crippen LogP contribution in [-0.4, -0.2) is 6.04 Å². The maximum absolute atomic E-state index is 9.23. The van der Waals surface area contributed by atoms with Crippen LogP contribution in [0.4, 0.5) is 5.69 Å². The zero-order valence-electron chi connectivity index (χ0n) is 12.0. The van der Waals surface area contributed by atoms with Gasteiger partial charge in [-0.15, -0.1) is 0 Å². The van der Waals surface area contributed by atoms with Crippen molar-refractivity contribution in [1.82, 2.24) is 0 Å². The second kappa shape index (κ2) is 4.00. The van der Waals surface area contributed by atoms with E-state index in [4.69, 9.17) is 0 Å². The Morgan fingerprint density at radius 1 is 1.26 bits per heavy atom. The molecule has 2 saturated carbocycles. The van der Waals surface area contributed by atoms with E-state index in [9.17, 15) is 5.26 Å². The van der Waals surface area contributed by atoms with Gasteiger partial charge in [-0.2, -0.15) is 5.26 Å². The minimum atomic E-state index is 0.315. The predicted molar refractivity (Wildman–Crippen MR) is 77.8 cm³/mol. The van der Waals surface area contributed by atoms with Gasteiger partial charge in [0, 0.05) is 6.04 Å². The van der Waals surface area contributed by atoms with Crippen molar-refractivity contribution in [1.29, 1.82) is 5.26 Å². The molecule has 1 aromatic carbocycles. The van der Waals surface area contributed by atoms with Crippen LogP contribution in [0.5, 0.6) is 0 Å². The summed E-state index contributed by atoms with van der Waals surface area (Å²) in [6.07, 6.45) is 4.00. The summed E-state index contributed by atoms with van der Waals surface area (Å²) in [4.78, 5) is 0. The van der Waals surface area contributed by atoms with E-state index < -0.39 is 0 Å². The smallest absolute Gasteiger partial charge is 0.101 e. The number of para-hydroxylation sites is 1. The molecule has 2 fully saturated rings. The van der Waals surface area contributed by atoms with E-state index in [0.29, 0.717) is 16.9 Å². The molecule has 100 valence electrons. The number of hydrogen-bond donors (Lipinski definition) is 1. The van der Waals surface area contributed by atoms with Crippen molar-refractivity contribution >= 4 is 5.69 Å². The topological polar surface area (TPSA) is 35.8 Å². The molecule has 0 aliphatic heterocycles. The fourth-order valence-corrected chi connectivity index (χ4v) is 4.52. The molecule has 3 unspecified atom stereocenters. The highest BCUT2D eigenvalue weighted by molar-refractivity contribution is 5.58. The van der Waals surface area contributed by atoms with Gasteiger partial charge in [0.1, 0.15) is 6.07 Å². The van der Waals surface area contributed by atoms with Crippen molar-refractivity contribution in [3.05, 3.63) is 29.8 Å². The van der Waals surface area contributed by atoms with Gasteiger partial charge in [0.05, 0.1) is 11.3 Å². The normalized spacial score (nSPS) is 35.1. The summed E-state index contributed by atoms with van der Waals surface area (Å²) >= 11 is 0. The van der Waals surface area contributed by atoms with Gasteiger partial charge < -0.3 is 5.32 Å². The molecule has 0 aromatic heterocycles. The maximum atomic E-state index is 9.23. The molecule has 0 radical (unpaired) electrons. The van der Waals surface area contributed by atoms with E-state index >= 15 is 0 Å². The minimum Gasteiger partial charge on any atom is -0.380 e. The van der Waals surface area contributed by atoms with E-state index in [-0.39, 0.29) is 0 Å². The molecule has 1 N–H and O–H groups in total. The lowest BCUT2D eigenvalue weighted by Crippen LogP contribution is -2.45. The molecule has 3 atom stereocenters. The summed E-state index contributed by atoms with van der Waals surface area (Å²) in [5, 5.41) is 12.9. The molecular formula is C17H22N2. The minimum absolute atomic E-state index is 0.315. The monoisotopic (exact) mass is 254 g/mol. The third-order valence-corrected chi connectivity index (χ3v) is 5.62. The van der Waals surface area contributed by atoms with Gasteiger partial charge in [0.15, 0.2) is 0 Å². The Balaban J connectivity index is 1.93. The van der Waals surface area contributed by atoms with Gasteiger partial charge in [-0.3, -0.25) is 0 Å². The SMILES string of the molecule is CC12CCC(C1)C(C)(C)C2Nc1ccccc1C#N. The first-order chi connectivity index (χ1) is 8.97. The quantitative estimate of drug-likeness (QED) is 0.859. The average molecular weight is 254 g/mol. The van der Waals surface area contributed by atoms with Crippen LogP contribution in [0.15, 0.2) is 24.3 Å². The Kier molecular flexibility index (Phi) is 2.64. The van der Waals surface area contributed by atoms with Crippen molar-refractivity contribution in [2.45, 2.75) is 46.1 Å². The van der Waals surface area contributed by atoms with Crippen LogP contribution in [-0.2, 0) is 0 Å². The molecule has 0 saturated heterocycles. The van der Waals surface area contributed by atoms with Gasteiger partial charge in [0.2, 0.25) is 0 Å². The number of nitrogens with zero attached hydrogens (tertiary/aromatic N) is 1. The van der Waals surface area contributed by atoms with Crippen LogP contribution in [0.2, 0.25) is 0 Å². The molecule has 2 aliphatic carbocycles. The molecule has 0 spiro atoms. The van der Waals surface area contributed by atoms with Gasteiger partial charge in [-0.05, 0) is 48.1 Å². The number of fused-ring (bicyclic) bond motifs is 2. The summed E-state index contributed by atoms with van der Waals surface area (Å²) in [5.74, 6) is 0.823. The first-order valence-corrected chi connectivity index (χ1v) is 7.23. The second-order valence-electron chi connectivity index (χ2n) is 7.15. The van der Waals surface area contributed by atoms with Gasteiger partial charge in [-0.1, -0.05) is 32.9 Å². The Morgan fingerprint density at radius 2 is 2.00 bits per heavy atom. The maximum Gasteiger partial charge on any atom is 0.101 e. The van der Waals surface area contributed by atoms with Crippen molar-refractivity contribution in [2.75, 3.05) is 5.32 Å². The van der Waals surface area contributed by atoms with Crippen molar-refractivity contribution in [3.63, 3.8) is 0 Å². The highest BCUT2D eigenvalue weighted by Gasteiger charge is 2.59. The predicted octanol–water partition coefficient (Wildman–Crippen LogP) is 4.18. The Bertz CT molecular complexity index is 536. The lowest BCUT2D eigenvalue weighted by molar-refractivity contribution is 0.155. The van der Waals surface area contributed by atoms with Crippen LogP contribution in [0, 0.1) is 28.1 Å². The zero-order valence-corrected chi connectivity index (χ0v) is 12.0. The average Bonchev–Trinajstić information content (AvgIpc) is 2.86. The third kappa shape index (κ3) is 1.75. The van der Waals surface area contributed by atoms with Crippen LogP contribution in [0.3, 0.4) is 0 Å². The number of anilines is 1. The zero-order chi connectivity index (χ0) is 13.7. The van der Waals surface area contributed by atoms with E-state index in [0.717, 1.165) is 17.2 Å².